The lowest BCUT2D eigenvalue weighted by Gasteiger charge is -2.30. The predicted octanol–water partition coefficient (Wildman–Crippen LogP) is 3.67. The zero-order chi connectivity index (χ0) is 19.4. The third-order valence-electron chi connectivity index (χ3n) is 5.27. The average molecular weight is 389 g/mol. The normalized spacial score (nSPS) is 20.9. The second kappa shape index (κ2) is 8.78. The van der Waals surface area contributed by atoms with Crippen LogP contribution in [0.3, 0.4) is 0 Å². The molecule has 0 saturated heterocycles. The Morgan fingerprint density at radius 2 is 1.96 bits per heavy atom. The van der Waals surface area contributed by atoms with Crippen molar-refractivity contribution in [2.75, 3.05) is 7.11 Å². The number of rotatable bonds is 6. The van der Waals surface area contributed by atoms with Crippen LogP contribution in [-0.4, -0.2) is 39.1 Å². The number of methoxy groups -OCH3 is 1. The third-order valence-corrected chi connectivity index (χ3v) is 6.41. The molecule has 1 aliphatic carbocycles. The van der Waals surface area contributed by atoms with E-state index in [-0.39, 0.29) is 11.2 Å². The number of nitrogens with zero attached hydrogens (tertiary/aromatic N) is 3. The largest absolute Gasteiger partial charge is 0.497 e. The van der Waals surface area contributed by atoms with Crippen LogP contribution in [0.1, 0.15) is 39.5 Å². The van der Waals surface area contributed by atoms with Crippen LogP contribution in [0, 0.1) is 5.92 Å². The molecule has 1 aliphatic rings. The van der Waals surface area contributed by atoms with Gasteiger partial charge in [0.15, 0.2) is 11.0 Å². The van der Waals surface area contributed by atoms with Gasteiger partial charge in [-0.25, -0.2) is 0 Å². The molecule has 0 spiro atoms. The minimum absolute atomic E-state index is 0.0766. The van der Waals surface area contributed by atoms with E-state index in [2.05, 4.69) is 22.4 Å². The van der Waals surface area contributed by atoms with Gasteiger partial charge < -0.3 is 14.6 Å². The summed E-state index contributed by atoms with van der Waals surface area (Å²) < 4.78 is 7.13. The van der Waals surface area contributed by atoms with Crippen LogP contribution in [0.2, 0.25) is 0 Å². The molecule has 1 saturated carbocycles. The summed E-state index contributed by atoms with van der Waals surface area (Å²) in [5.74, 6) is 2.20. The van der Waals surface area contributed by atoms with Crippen LogP contribution in [-0.2, 0) is 11.8 Å². The Balaban J connectivity index is 1.64. The number of benzene rings is 1. The smallest absolute Gasteiger partial charge is 0.233 e. The number of thioether (sulfide) groups is 1. The van der Waals surface area contributed by atoms with Gasteiger partial charge >= 0.3 is 0 Å². The fourth-order valence-electron chi connectivity index (χ4n) is 3.45. The van der Waals surface area contributed by atoms with E-state index in [0.717, 1.165) is 28.7 Å². The summed E-state index contributed by atoms with van der Waals surface area (Å²) in [6, 6.07) is 8.01. The maximum Gasteiger partial charge on any atom is 0.233 e. The molecule has 0 radical (unpaired) electrons. The number of carbonyl (C=O) groups is 1. The fraction of sp³-hybridized carbons (Fsp3) is 0.550. The van der Waals surface area contributed by atoms with Crippen LogP contribution < -0.4 is 10.1 Å². The summed E-state index contributed by atoms with van der Waals surface area (Å²) in [5.41, 5.74) is 0.964. The van der Waals surface area contributed by atoms with Gasteiger partial charge in [0.1, 0.15) is 5.75 Å². The molecular weight excluding hydrogens is 360 g/mol. The summed E-state index contributed by atoms with van der Waals surface area (Å²) in [6.07, 6.45) is 4.74. The van der Waals surface area contributed by atoms with Gasteiger partial charge in [-0.15, -0.1) is 10.2 Å². The van der Waals surface area contributed by atoms with Crippen LogP contribution in [0.4, 0.5) is 0 Å². The number of amides is 1. The van der Waals surface area contributed by atoms with Crippen LogP contribution in [0.5, 0.6) is 5.75 Å². The Morgan fingerprint density at radius 1 is 1.26 bits per heavy atom. The van der Waals surface area contributed by atoms with Crippen molar-refractivity contribution in [3.05, 3.63) is 24.3 Å². The molecule has 2 aromatic rings. The first kappa shape index (κ1) is 19.7. The van der Waals surface area contributed by atoms with Crippen LogP contribution >= 0.6 is 11.8 Å². The van der Waals surface area contributed by atoms with Crippen molar-refractivity contribution in [2.45, 2.75) is 56.0 Å². The highest BCUT2D eigenvalue weighted by Gasteiger charge is 2.26. The molecule has 0 bridgehead atoms. The molecule has 1 N–H and O–H groups in total. The van der Waals surface area contributed by atoms with Crippen molar-refractivity contribution < 1.29 is 9.53 Å². The van der Waals surface area contributed by atoms with Crippen LogP contribution in [0.25, 0.3) is 11.4 Å². The number of ether oxygens (including phenoxy) is 1. The van der Waals surface area contributed by atoms with Gasteiger partial charge in [-0.1, -0.05) is 31.5 Å². The summed E-state index contributed by atoms with van der Waals surface area (Å²) in [5, 5.41) is 12.3. The van der Waals surface area contributed by atoms with Crippen molar-refractivity contribution in [2.24, 2.45) is 13.0 Å². The topological polar surface area (TPSA) is 69.0 Å². The fourth-order valence-corrected chi connectivity index (χ4v) is 4.28. The van der Waals surface area contributed by atoms with Gasteiger partial charge in [-0.3, -0.25) is 4.79 Å². The first-order valence-electron chi connectivity index (χ1n) is 9.50. The average Bonchev–Trinajstić information content (AvgIpc) is 3.04. The molecule has 27 heavy (non-hydrogen) atoms. The zero-order valence-electron chi connectivity index (χ0n) is 16.4. The molecule has 3 rings (SSSR count). The molecule has 1 fully saturated rings. The minimum atomic E-state index is -0.217. The van der Waals surface area contributed by atoms with E-state index in [1.165, 1.54) is 31.0 Å². The minimum Gasteiger partial charge on any atom is -0.497 e. The zero-order valence-corrected chi connectivity index (χ0v) is 17.3. The van der Waals surface area contributed by atoms with Crippen molar-refractivity contribution in [3.63, 3.8) is 0 Å². The first-order chi connectivity index (χ1) is 13.0. The predicted molar refractivity (Wildman–Crippen MR) is 108 cm³/mol. The maximum absolute atomic E-state index is 12.6. The standard InChI is InChI=1S/C20H28N4O2S/c1-13-7-5-6-8-17(13)21-19(25)14(2)27-20-23-22-18(24(20)3)15-9-11-16(26-4)12-10-15/h9-14,17H,5-8H2,1-4H3,(H,21,25)/t13-,14-,17+/m1/s1. The Morgan fingerprint density at radius 3 is 2.63 bits per heavy atom. The second-order valence-corrected chi connectivity index (χ2v) is 8.54. The van der Waals surface area contributed by atoms with Crippen molar-refractivity contribution >= 4 is 17.7 Å². The number of aromatic nitrogens is 3. The summed E-state index contributed by atoms with van der Waals surface area (Å²) in [6.45, 7) is 4.15. The second-order valence-electron chi connectivity index (χ2n) is 7.23. The highest BCUT2D eigenvalue weighted by molar-refractivity contribution is 8.00. The molecular formula is C20H28N4O2S. The molecule has 0 unspecified atom stereocenters. The van der Waals surface area contributed by atoms with Gasteiger partial charge in [-0.05, 0) is 49.9 Å². The molecule has 0 aliphatic heterocycles. The molecule has 3 atom stereocenters. The Bertz CT molecular complexity index is 775. The van der Waals surface area contributed by atoms with Crippen molar-refractivity contribution in [3.8, 4) is 17.1 Å². The van der Waals surface area contributed by atoms with Gasteiger partial charge in [0.25, 0.3) is 0 Å². The van der Waals surface area contributed by atoms with Gasteiger partial charge in [-0.2, -0.15) is 0 Å². The summed E-state index contributed by atoms with van der Waals surface area (Å²) >= 11 is 1.44. The van der Waals surface area contributed by atoms with Crippen molar-refractivity contribution in [1.29, 1.82) is 0 Å². The Hall–Kier alpha value is -2.02. The molecule has 6 nitrogen and oxygen atoms in total. The van der Waals surface area contributed by atoms with Gasteiger partial charge in [0.2, 0.25) is 5.91 Å². The van der Waals surface area contributed by atoms with Crippen LogP contribution in [0.15, 0.2) is 29.4 Å². The van der Waals surface area contributed by atoms with Gasteiger partial charge in [0.05, 0.1) is 12.4 Å². The lowest BCUT2D eigenvalue weighted by molar-refractivity contribution is -0.121. The quantitative estimate of drug-likeness (QED) is 0.765. The molecule has 1 heterocycles. The number of hydrogen-bond donors (Lipinski definition) is 1. The Kier molecular flexibility index (Phi) is 6.42. The highest BCUT2D eigenvalue weighted by Crippen LogP contribution is 2.28. The molecule has 7 heteroatoms. The SMILES string of the molecule is COc1ccc(-c2nnc(S[C@H](C)C(=O)N[C@H]3CCCC[C@H]3C)n2C)cc1. The highest BCUT2D eigenvalue weighted by atomic mass is 32.2. The van der Waals surface area contributed by atoms with E-state index >= 15 is 0 Å². The number of nitrogens with one attached hydrogen (secondary N) is 1. The third kappa shape index (κ3) is 4.64. The molecule has 1 aromatic heterocycles. The molecule has 1 aromatic carbocycles. The summed E-state index contributed by atoms with van der Waals surface area (Å²) in [4.78, 5) is 12.6. The molecule has 1 amide bonds. The number of carbonyl (C=O) groups excluding carboxylic acids is 1. The van der Waals surface area contributed by atoms with E-state index in [0.29, 0.717) is 12.0 Å². The lowest BCUT2D eigenvalue weighted by atomic mass is 9.86. The van der Waals surface area contributed by atoms with E-state index in [1.54, 1.807) is 7.11 Å². The van der Waals surface area contributed by atoms with E-state index in [1.807, 2.05) is 42.8 Å². The number of hydrogen-bond acceptors (Lipinski definition) is 5. The maximum atomic E-state index is 12.6. The summed E-state index contributed by atoms with van der Waals surface area (Å²) in [7, 11) is 3.57. The lowest BCUT2D eigenvalue weighted by Crippen LogP contribution is -2.44. The Labute approximate surface area is 165 Å². The van der Waals surface area contributed by atoms with Crippen molar-refractivity contribution in [1.82, 2.24) is 20.1 Å². The van der Waals surface area contributed by atoms with E-state index in [9.17, 15) is 4.79 Å². The monoisotopic (exact) mass is 388 g/mol. The van der Waals surface area contributed by atoms with E-state index < -0.39 is 0 Å². The first-order valence-corrected chi connectivity index (χ1v) is 10.4. The van der Waals surface area contributed by atoms with Gasteiger partial charge in [0, 0.05) is 18.7 Å². The van der Waals surface area contributed by atoms with E-state index in [4.69, 9.17) is 4.74 Å². The molecule has 146 valence electrons.